The van der Waals surface area contributed by atoms with Crippen molar-refractivity contribution < 1.29 is 14.3 Å². The first-order valence-corrected chi connectivity index (χ1v) is 7.07. The van der Waals surface area contributed by atoms with Crippen LogP contribution >= 0.6 is 0 Å². The third-order valence-electron chi connectivity index (χ3n) is 3.15. The standard InChI is InChI=1S/C14H25N3O3/c1-5-6-16-14(15)17-10(3)13(18)19-8-12-7-9(2)11(4)20-12/h7,9-11H,5-6,8H2,1-4H3,(H3,15,16,17). The van der Waals surface area contributed by atoms with Gasteiger partial charge in [-0.2, -0.15) is 0 Å². The van der Waals surface area contributed by atoms with Crippen LogP contribution < -0.4 is 10.6 Å². The highest BCUT2D eigenvalue weighted by atomic mass is 16.6. The van der Waals surface area contributed by atoms with Crippen molar-refractivity contribution in [1.29, 1.82) is 5.41 Å². The van der Waals surface area contributed by atoms with Crippen LogP contribution in [0.15, 0.2) is 11.8 Å². The molecule has 20 heavy (non-hydrogen) atoms. The van der Waals surface area contributed by atoms with Crippen molar-refractivity contribution in [2.45, 2.75) is 46.3 Å². The monoisotopic (exact) mass is 283 g/mol. The first-order chi connectivity index (χ1) is 9.43. The summed E-state index contributed by atoms with van der Waals surface area (Å²) in [6, 6.07) is -0.566. The van der Waals surface area contributed by atoms with Gasteiger partial charge in [0.05, 0.1) is 0 Å². The number of nitrogens with one attached hydrogen (secondary N) is 3. The van der Waals surface area contributed by atoms with Crippen LogP contribution in [0.5, 0.6) is 0 Å². The Balaban J connectivity index is 2.28. The Morgan fingerprint density at radius 2 is 2.25 bits per heavy atom. The molecule has 3 unspecified atom stereocenters. The van der Waals surface area contributed by atoms with Crippen LogP contribution in [-0.4, -0.2) is 37.2 Å². The number of ether oxygens (including phenoxy) is 2. The van der Waals surface area contributed by atoms with E-state index in [1.807, 2.05) is 19.9 Å². The van der Waals surface area contributed by atoms with Crippen molar-refractivity contribution in [3.8, 4) is 0 Å². The van der Waals surface area contributed by atoms with Crippen LogP contribution in [0.4, 0.5) is 0 Å². The molecule has 0 saturated heterocycles. The van der Waals surface area contributed by atoms with E-state index >= 15 is 0 Å². The van der Waals surface area contributed by atoms with Gasteiger partial charge in [-0.1, -0.05) is 13.8 Å². The van der Waals surface area contributed by atoms with Gasteiger partial charge in [0.25, 0.3) is 0 Å². The molecule has 1 aliphatic heterocycles. The molecular formula is C14H25N3O3. The SMILES string of the molecule is CCCNC(=N)NC(C)C(=O)OCC1=CC(C)C(C)O1. The Morgan fingerprint density at radius 1 is 1.55 bits per heavy atom. The van der Waals surface area contributed by atoms with Gasteiger partial charge in [0, 0.05) is 12.5 Å². The van der Waals surface area contributed by atoms with Crippen LogP contribution in [0.25, 0.3) is 0 Å². The third kappa shape index (κ3) is 5.11. The average Bonchev–Trinajstić information content (AvgIpc) is 2.72. The second-order valence-corrected chi connectivity index (χ2v) is 5.09. The zero-order valence-corrected chi connectivity index (χ0v) is 12.7. The summed E-state index contributed by atoms with van der Waals surface area (Å²) in [5, 5.41) is 13.2. The molecule has 0 aromatic rings. The van der Waals surface area contributed by atoms with Crippen molar-refractivity contribution in [3.63, 3.8) is 0 Å². The van der Waals surface area contributed by atoms with Crippen LogP contribution in [-0.2, 0) is 14.3 Å². The molecule has 0 spiro atoms. The summed E-state index contributed by atoms with van der Waals surface area (Å²) in [7, 11) is 0. The van der Waals surface area contributed by atoms with Gasteiger partial charge in [-0.3, -0.25) is 5.41 Å². The molecule has 0 aromatic heterocycles. The van der Waals surface area contributed by atoms with Crippen molar-refractivity contribution in [2.75, 3.05) is 13.2 Å². The van der Waals surface area contributed by atoms with E-state index in [1.54, 1.807) is 6.92 Å². The number of hydrogen-bond donors (Lipinski definition) is 3. The molecule has 6 nitrogen and oxygen atoms in total. The average molecular weight is 283 g/mol. The highest BCUT2D eigenvalue weighted by molar-refractivity contribution is 5.84. The molecule has 0 saturated carbocycles. The highest BCUT2D eigenvalue weighted by Crippen LogP contribution is 2.22. The summed E-state index contributed by atoms with van der Waals surface area (Å²) < 4.78 is 10.7. The van der Waals surface area contributed by atoms with Gasteiger partial charge in [0.1, 0.15) is 24.5 Å². The Kier molecular flexibility index (Phi) is 6.35. The molecule has 0 bridgehead atoms. The summed E-state index contributed by atoms with van der Waals surface area (Å²) in [5.41, 5.74) is 0. The highest BCUT2D eigenvalue weighted by Gasteiger charge is 2.23. The second-order valence-electron chi connectivity index (χ2n) is 5.09. The fourth-order valence-corrected chi connectivity index (χ4v) is 1.74. The molecule has 114 valence electrons. The molecule has 3 N–H and O–H groups in total. The molecule has 6 heteroatoms. The molecule has 1 aliphatic rings. The number of guanidine groups is 1. The number of esters is 1. The van der Waals surface area contributed by atoms with Gasteiger partial charge in [-0.25, -0.2) is 4.79 Å². The Hall–Kier alpha value is -1.72. The predicted octanol–water partition coefficient (Wildman–Crippen LogP) is 1.38. The zero-order valence-electron chi connectivity index (χ0n) is 12.7. The third-order valence-corrected chi connectivity index (χ3v) is 3.15. The number of rotatable bonds is 6. The molecule has 0 aliphatic carbocycles. The van der Waals surface area contributed by atoms with E-state index in [0.717, 1.165) is 6.42 Å². The molecule has 3 atom stereocenters. The van der Waals surface area contributed by atoms with Crippen molar-refractivity contribution in [1.82, 2.24) is 10.6 Å². The quantitative estimate of drug-likeness (QED) is 0.390. The summed E-state index contributed by atoms with van der Waals surface area (Å²) in [6.45, 7) is 8.57. The maximum absolute atomic E-state index is 11.8. The Labute approximate surface area is 120 Å². The minimum Gasteiger partial charge on any atom is -0.491 e. The lowest BCUT2D eigenvalue weighted by Crippen LogP contribution is -2.45. The van der Waals surface area contributed by atoms with Crippen LogP contribution in [0.2, 0.25) is 0 Å². The Bertz CT molecular complexity index is 382. The second kappa shape index (κ2) is 7.77. The predicted molar refractivity (Wildman–Crippen MR) is 77.4 cm³/mol. The van der Waals surface area contributed by atoms with Crippen LogP contribution in [0.1, 0.15) is 34.1 Å². The van der Waals surface area contributed by atoms with Crippen molar-refractivity contribution >= 4 is 11.9 Å². The van der Waals surface area contributed by atoms with Gasteiger partial charge < -0.3 is 20.1 Å². The lowest BCUT2D eigenvalue weighted by Gasteiger charge is -2.16. The molecule has 0 radical (unpaired) electrons. The smallest absolute Gasteiger partial charge is 0.328 e. The summed E-state index contributed by atoms with van der Waals surface area (Å²) in [5.74, 6) is 0.773. The van der Waals surface area contributed by atoms with E-state index in [9.17, 15) is 4.79 Å². The maximum Gasteiger partial charge on any atom is 0.328 e. The summed E-state index contributed by atoms with van der Waals surface area (Å²) in [4.78, 5) is 11.8. The number of carbonyl (C=O) groups is 1. The van der Waals surface area contributed by atoms with Crippen molar-refractivity contribution in [3.05, 3.63) is 11.8 Å². The minimum absolute atomic E-state index is 0.130. The van der Waals surface area contributed by atoms with E-state index in [0.29, 0.717) is 18.2 Å². The molecule has 1 rings (SSSR count). The zero-order chi connectivity index (χ0) is 15.1. The van der Waals surface area contributed by atoms with E-state index in [-0.39, 0.29) is 18.7 Å². The van der Waals surface area contributed by atoms with Gasteiger partial charge in [0.2, 0.25) is 0 Å². The topological polar surface area (TPSA) is 83.4 Å². The fraction of sp³-hybridized carbons (Fsp3) is 0.714. The van der Waals surface area contributed by atoms with E-state index in [4.69, 9.17) is 14.9 Å². The van der Waals surface area contributed by atoms with Gasteiger partial charge >= 0.3 is 5.97 Å². The molecule has 0 amide bonds. The van der Waals surface area contributed by atoms with E-state index in [1.165, 1.54) is 0 Å². The molecule has 0 aromatic carbocycles. The van der Waals surface area contributed by atoms with E-state index < -0.39 is 12.0 Å². The number of carbonyl (C=O) groups excluding carboxylic acids is 1. The fourth-order valence-electron chi connectivity index (χ4n) is 1.74. The van der Waals surface area contributed by atoms with Gasteiger partial charge in [-0.05, 0) is 26.3 Å². The largest absolute Gasteiger partial charge is 0.491 e. The lowest BCUT2D eigenvalue weighted by molar-refractivity contribution is -0.145. The Morgan fingerprint density at radius 3 is 2.80 bits per heavy atom. The first kappa shape index (κ1) is 16.3. The maximum atomic E-state index is 11.8. The molecule has 1 heterocycles. The van der Waals surface area contributed by atoms with Gasteiger partial charge in [0.15, 0.2) is 5.96 Å². The van der Waals surface area contributed by atoms with E-state index in [2.05, 4.69) is 17.6 Å². The van der Waals surface area contributed by atoms with Crippen LogP contribution in [0, 0.1) is 11.3 Å². The first-order valence-electron chi connectivity index (χ1n) is 7.07. The lowest BCUT2D eigenvalue weighted by atomic mass is 10.1. The molecule has 0 fully saturated rings. The van der Waals surface area contributed by atoms with Gasteiger partial charge in [-0.15, -0.1) is 0 Å². The summed E-state index contributed by atoms with van der Waals surface area (Å²) in [6.07, 6.45) is 3.02. The molecular weight excluding hydrogens is 258 g/mol. The summed E-state index contributed by atoms with van der Waals surface area (Å²) >= 11 is 0. The van der Waals surface area contributed by atoms with Crippen molar-refractivity contribution in [2.24, 2.45) is 5.92 Å². The number of hydrogen-bond acceptors (Lipinski definition) is 4. The normalized spacial score (nSPS) is 22.5. The van der Waals surface area contributed by atoms with Crippen LogP contribution in [0.3, 0.4) is 0 Å². The minimum atomic E-state index is -0.566.